The average molecular weight is 407 g/mol. The van der Waals surface area contributed by atoms with Gasteiger partial charge in [0.25, 0.3) is 0 Å². The number of thioether (sulfide) groups is 1. The molecule has 0 aliphatic rings. The number of nitrogens with one attached hydrogen (secondary N) is 2. The largest absolute Gasteiger partial charge is 0.386 e. The van der Waals surface area contributed by atoms with Gasteiger partial charge in [-0.1, -0.05) is 30.0 Å². The van der Waals surface area contributed by atoms with Crippen molar-refractivity contribution in [2.75, 3.05) is 25.9 Å². The number of guanidine groups is 1. The minimum atomic E-state index is -0.550. The van der Waals surface area contributed by atoms with Crippen molar-refractivity contribution in [1.29, 1.82) is 0 Å². The van der Waals surface area contributed by atoms with E-state index in [4.69, 9.17) is 0 Å². The first-order valence-corrected chi connectivity index (χ1v) is 11.1. The Balaban J connectivity index is 1.39. The summed E-state index contributed by atoms with van der Waals surface area (Å²) in [5, 5.41) is 20.1. The van der Waals surface area contributed by atoms with Crippen molar-refractivity contribution in [3.63, 3.8) is 0 Å². The van der Waals surface area contributed by atoms with E-state index in [1.807, 2.05) is 23.7 Å². The fourth-order valence-corrected chi connectivity index (χ4v) is 5.10. The fraction of sp³-hybridized carbons (Fsp3) is 0.333. The zero-order valence-electron chi connectivity index (χ0n) is 14.5. The molecule has 1 atom stereocenters. The van der Waals surface area contributed by atoms with Gasteiger partial charge < -0.3 is 15.7 Å². The quantitative estimate of drug-likeness (QED) is 0.230. The van der Waals surface area contributed by atoms with Crippen LogP contribution in [0, 0.1) is 0 Å². The number of fused-ring (bicyclic) bond motifs is 1. The van der Waals surface area contributed by atoms with Gasteiger partial charge in [0, 0.05) is 47.0 Å². The van der Waals surface area contributed by atoms with Gasteiger partial charge in [-0.3, -0.25) is 4.99 Å². The van der Waals surface area contributed by atoms with Crippen LogP contribution in [-0.2, 0) is 0 Å². The highest BCUT2D eigenvalue weighted by molar-refractivity contribution is 8.00. The monoisotopic (exact) mass is 406 g/mol. The Hall–Kier alpha value is -1.61. The summed E-state index contributed by atoms with van der Waals surface area (Å²) in [6.07, 6.45) is 2.30. The van der Waals surface area contributed by atoms with Gasteiger partial charge in [-0.2, -0.15) is 0 Å². The molecule has 0 radical (unpaired) electrons. The van der Waals surface area contributed by atoms with Gasteiger partial charge >= 0.3 is 0 Å². The van der Waals surface area contributed by atoms with E-state index in [0.29, 0.717) is 12.5 Å². The Morgan fingerprint density at radius 3 is 3.00 bits per heavy atom. The zero-order chi connectivity index (χ0) is 18.2. The van der Waals surface area contributed by atoms with Crippen LogP contribution < -0.4 is 10.6 Å². The molecule has 2 aromatic heterocycles. The SMILES string of the molecule is CN=C(NCCCSc1nccs1)NCC(O)c1cc2ccccc2s1. The summed E-state index contributed by atoms with van der Waals surface area (Å²) in [7, 11) is 1.74. The molecule has 3 aromatic rings. The first-order chi connectivity index (χ1) is 12.8. The molecular weight excluding hydrogens is 384 g/mol. The molecule has 8 heteroatoms. The number of aliphatic imine (C=N–C) groups is 1. The second-order valence-electron chi connectivity index (χ2n) is 5.58. The smallest absolute Gasteiger partial charge is 0.191 e. The molecule has 0 spiro atoms. The maximum absolute atomic E-state index is 10.4. The second-order valence-corrected chi connectivity index (χ2v) is 8.93. The number of rotatable bonds is 8. The Morgan fingerprint density at radius 1 is 1.35 bits per heavy atom. The van der Waals surface area contributed by atoms with Crippen LogP contribution in [0.2, 0.25) is 0 Å². The molecule has 0 aliphatic heterocycles. The van der Waals surface area contributed by atoms with Gasteiger partial charge in [0.2, 0.25) is 0 Å². The minimum Gasteiger partial charge on any atom is -0.386 e. The highest BCUT2D eigenvalue weighted by atomic mass is 32.2. The summed E-state index contributed by atoms with van der Waals surface area (Å²) >= 11 is 5.07. The maximum Gasteiger partial charge on any atom is 0.191 e. The molecule has 138 valence electrons. The molecule has 0 aliphatic carbocycles. The molecular formula is C18H22N4OS3. The lowest BCUT2D eigenvalue weighted by atomic mass is 10.2. The standard InChI is InChI=1S/C18H22N4OS3/c1-19-17(20-7-4-9-24-18-21-8-10-25-18)22-12-14(23)16-11-13-5-2-3-6-15(13)26-16/h2-3,5-6,8,10-11,14,23H,4,7,9,12H2,1H3,(H2,19,20,22). The highest BCUT2D eigenvalue weighted by Crippen LogP contribution is 2.29. The highest BCUT2D eigenvalue weighted by Gasteiger charge is 2.12. The van der Waals surface area contributed by atoms with Crippen molar-refractivity contribution in [2.24, 2.45) is 4.99 Å². The van der Waals surface area contributed by atoms with Crippen molar-refractivity contribution < 1.29 is 5.11 Å². The third kappa shape index (κ3) is 5.44. The Labute approximate surface area is 165 Å². The molecule has 0 bridgehead atoms. The molecule has 1 unspecified atom stereocenters. The van der Waals surface area contributed by atoms with Crippen molar-refractivity contribution in [1.82, 2.24) is 15.6 Å². The first kappa shape index (κ1) is 19.2. The lowest BCUT2D eigenvalue weighted by Gasteiger charge is -2.14. The van der Waals surface area contributed by atoms with Crippen LogP contribution in [-0.4, -0.2) is 41.9 Å². The number of aliphatic hydroxyl groups is 1. The maximum atomic E-state index is 10.4. The first-order valence-electron chi connectivity index (χ1n) is 8.39. The fourth-order valence-electron chi connectivity index (χ4n) is 2.40. The molecule has 3 N–H and O–H groups in total. The van der Waals surface area contributed by atoms with Gasteiger partial charge in [0.05, 0.1) is 0 Å². The molecule has 26 heavy (non-hydrogen) atoms. The van der Waals surface area contributed by atoms with Crippen molar-refractivity contribution >= 4 is 50.5 Å². The summed E-state index contributed by atoms with van der Waals surface area (Å²) in [6, 6.07) is 10.2. The van der Waals surface area contributed by atoms with Crippen LogP contribution in [0.1, 0.15) is 17.4 Å². The van der Waals surface area contributed by atoms with Crippen molar-refractivity contribution in [2.45, 2.75) is 16.9 Å². The number of nitrogens with zero attached hydrogens (tertiary/aromatic N) is 2. The number of hydrogen-bond donors (Lipinski definition) is 3. The van der Waals surface area contributed by atoms with E-state index in [0.717, 1.165) is 27.9 Å². The molecule has 5 nitrogen and oxygen atoms in total. The molecule has 1 aromatic carbocycles. The van der Waals surface area contributed by atoms with E-state index in [1.54, 1.807) is 41.5 Å². The number of hydrogen-bond acceptors (Lipinski definition) is 6. The van der Waals surface area contributed by atoms with E-state index in [-0.39, 0.29) is 0 Å². The summed E-state index contributed by atoms with van der Waals surface area (Å²) < 4.78 is 2.31. The topological polar surface area (TPSA) is 69.5 Å². The summed E-state index contributed by atoms with van der Waals surface area (Å²) in [5.41, 5.74) is 0. The average Bonchev–Trinajstić information content (AvgIpc) is 3.33. The Kier molecular flexibility index (Phi) is 7.31. The van der Waals surface area contributed by atoms with E-state index >= 15 is 0 Å². The van der Waals surface area contributed by atoms with Crippen LogP contribution in [0.5, 0.6) is 0 Å². The molecule has 2 heterocycles. The van der Waals surface area contributed by atoms with Gasteiger partial charge in [0.1, 0.15) is 10.4 Å². The van der Waals surface area contributed by atoms with E-state index < -0.39 is 6.10 Å². The van der Waals surface area contributed by atoms with Crippen LogP contribution in [0.25, 0.3) is 10.1 Å². The molecule has 0 amide bonds. The van der Waals surface area contributed by atoms with Crippen molar-refractivity contribution in [3.8, 4) is 0 Å². The van der Waals surface area contributed by atoms with Gasteiger partial charge in [-0.25, -0.2) is 4.98 Å². The second kappa shape index (κ2) is 9.91. The van der Waals surface area contributed by atoms with Crippen LogP contribution in [0.4, 0.5) is 0 Å². The number of thiazole rings is 1. The third-order valence-corrected chi connectivity index (χ3v) is 6.98. The molecule has 0 saturated heterocycles. The molecule has 0 saturated carbocycles. The lowest BCUT2D eigenvalue weighted by Crippen LogP contribution is -2.39. The number of aliphatic hydroxyl groups excluding tert-OH is 1. The predicted molar refractivity (Wildman–Crippen MR) is 114 cm³/mol. The van der Waals surface area contributed by atoms with Crippen LogP contribution in [0.3, 0.4) is 0 Å². The predicted octanol–water partition coefficient (Wildman–Crippen LogP) is 3.74. The normalized spacial score (nSPS) is 13.1. The lowest BCUT2D eigenvalue weighted by molar-refractivity contribution is 0.184. The number of thiophene rings is 1. The Bertz CT molecular complexity index is 799. The molecule has 3 rings (SSSR count). The Morgan fingerprint density at radius 2 is 2.23 bits per heavy atom. The summed E-state index contributed by atoms with van der Waals surface area (Å²) in [6.45, 7) is 1.26. The minimum absolute atomic E-state index is 0.431. The van der Waals surface area contributed by atoms with E-state index in [9.17, 15) is 5.11 Å². The number of aromatic nitrogens is 1. The van der Waals surface area contributed by atoms with Gasteiger partial charge in [-0.15, -0.1) is 22.7 Å². The van der Waals surface area contributed by atoms with Gasteiger partial charge in [-0.05, 0) is 23.9 Å². The summed E-state index contributed by atoms with van der Waals surface area (Å²) in [4.78, 5) is 9.44. The number of benzene rings is 1. The summed E-state index contributed by atoms with van der Waals surface area (Å²) in [5.74, 6) is 1.73. The van der Waals surface area contributed by atoms with Gasteiger partial charge in [0.15, 0.2) is 5.96 Å². The van der Waals surface area contributed by atoms with Crippen molar-refractivity contribution in [3.05, 3.63) is 46.8 Å². The zero-order valence-corrected chi connectivity index (χ0v) is 17.0. The van der Waals surface area contributed by atoms with Crippen LogP contribution in [0.15, 0.2) is 51.2 Å². The molecule has 0 fully saturated rings. The third-order valence-electron chi connectivity index (χ3n) is 3.71. The van der Waals surface area contributed by atoms with Crippen LogP contribution >= 0.6 is 34.4 Å². The van der Waals surface area contributed by atoms with E-state index in [2.05, 4.69) is 38.8 Å². The van der Waals surface area contributed by atoms with E-state index in [1.165, 1.54) is 10.1 Å².